The molecule has 2 aromatic rings. The lowest BCUT2D eigenvalue weighted by molar-refractivity contribution is 0.561. The van der Waals surface area contributed by atoms with E-state index in [1.807, 2.05) is 30.3 Å². The molecule has 4 rings (SSSR count). The van der Waals surface area contributed by atoms with E-state index in [1.165, 1.54) is 18.2 Å². The molecule has 0 radical (unpaired) electrons. The normalized spacial score (nSPS) is 11.1. The number of benzene rings is 2. The fourth-order valence-corrected chi connectivity index (χ4v) is 2.71. The first-order chi connectivity index (χ1) is 11.7. The van der Waals surface area contributed by atoms with Crippen LogP contribution in [0.5, 0.6) is 0 Å². The average molecular weight is 321 g/mol. The Morgan fingerprint density at radius 2 is 1.62 bits per heavy atom. The van der Waals surface area contributed by atoms with Crippen molar-refractivity contribution in [3.63, 3.8) is 0 Å². The van der Waals surface area contributed by atoms with Gasteiger partial charge in [0.05, 0.1) is 5.69 Å². The maximum absolute atomic E-state index is 13.8. The molecule has 0 fully saturated rings. The van der Waals surface area contributed by atoms with E-state index < -0.39 is 11.6 Å². The van der Waals surface area contributed by atoms with E-state index in [1.54, 1.807) is 12.4 Å². The molecule has 2 aliphatic rings. The minimum Gasteiger partial charge on any atom is -0.366 e. The molecule has 0 saturated heterocycles. The third-order valence-corrected chi connectivity index (χ3v) is 3.90. The van der Waals surface area contributed by atoms with Crippen LogP contribution in [0.2, 0.25) is 0 Å². The van der Waals surface area contributed by atoms with Crippen molar-refractivity contribution in [1.29, 1.82) is 0 Å². The number of halogens is 2. The van der Waals surface area contributed by atoms with Gasteiger partial charge in [0.1, 0.15) is 17.3 Å². The molecule has 0 aromatic heterocycles. The molecular weight excluding hydrogens is 308 g/mol. The van der Waals surface area contributed by atoms with Crippen molar-refractivity contribution in [2.24, 2.45) is 0 Å². The Bertz CT molecular complexity index is 928. The SMILES string of the molecule is Fc1cccc(F)c1Cc1cccc(-c2nc3cc[nH]cc-3n2)c1. The second-order valence-electron chi connectivity index (χ2n) is 5.54. The Morgan fingerprint density at radius 3 is 2.42 bits per heavy atom. The zero-order valence-electron chi connectivity index (χ0n) is 12.6. The number of pyridine rings is 1. The van der Waals surface area contributed by atoms with Crippen LogP contribution < -0.4 is 0 Å². The van der Waals surface area contributed by atoms with E-state index in [0.29, 0.717) is 5.82 Å². The number of nitrogens with one attached hydrogen (secondary N) is 1. The fraction of sp³-hybridized carbons (Fsp3) is 0.0526. The molecule has 0 unspecified atom stereocenters. The molecule has 3 nitrogen and oxygen atoms in total. The van der Waals surface area contributed by atoms with Crippen LogP contribution in [0.15, 0.2) is 60.9 Å². The van der Waals surface area contributed by atoms with Gasteiger partial charge in [0, 0.05) is 29.9 Å². The predicted molar refractivity (Wildman–Crippen MR) is 87.6 cm³/mol. The summed E-state index contributed by atoms with van der Waals surface area (Å²) in [5.41, 5.74) is 3.27. The van der Waals surface area contributed by atoms with Crippen LogP contribution in [0.1, 0.15) is 11.1 Å². The van der Waals surface area contributed by atoms with Gasteiger partial charge in [-0.15, -0.1) is 0 Å². The molecule has 0 saturated carbocycles. The second-order valence-corrected chi connectivity index (χ2v) is 5.54. The highest BCUT2D eigenvalue weighted by Crippen LogP contribution is 2.25. The van der Waals surface area contributed by atoms with Gasteiger partial charge >= 0.3 is 0 Å². The maximum atomic E-state index is 13.8. The summed E-state index contributed by atoms with van der Waals surface area (Å²) in [7, 11) is 0. The molecule has 0 atom stereocenters. The molecule has 118 valence electrons. The summed E-state index contributed by atoms with van der Waals surface area (Å²) >= 11 is 0. The molecule has 5 heteroatoms. The Hall–Kier alpha value is -3.08. The van der Waals surface area contributed by atoms with E-state index in [-0.39, 0.29) is 12.0 Å². The monoisotopic (exact) mass is 321 g/mol. The van der Waals surface area contributed by atoms with Crippen molar-refractivity contribution < 1.29 is 8.78 Å². The summed E-state index contributed by atoms with van der Waals surface area (Å²) in [6.07, 6.45) is 3.75. The Balaban J connectivity index is 1.71. The third-order valence-electron chi connectivity index (χ3n) is 3.90. The molecule has 1 N–H and O–H groups in total. The van der Waals surface area contributed by atoms with Gasteiger partial charge in [0.2, 0.25) is 0 Å². The third kappa shape index (κ3) is 2.65. The van der Waals surface area contributed by atoms with Crippen LogP contribution in [-0.2, 0) is 6.42 Å². The van der Waals surface area contributed by atoms with Crippen LogP contribution in [0.4, 0.5) is 8.78 Å². The Kier molecular flexibility index (Phi) is 3.54. The van der Waals surface area contributed by atoms with Crippen molar-refractivity contribution in [2.75, 3.05) is 0 Å². The van der Waals surface area contributed by atoms with E-state index in [9.17, 15) is 8.78 Å². The van der Waals surface area contributed by atoms with Gasteiger partial charge in [-0.25, -0.2) is 18.7 Å². The van der Waals surface area contributed by atoms with Crippen LogP contribution in [0.3, 0.4) is 0 Å². The Labute approximate surface area is 137 Å². The average Bonchev–Trinajstić information content (AvgIpc) is 3.03. The van der Waals surface area contributed by atoms with Crippen LogP contribution in [0, 0.1) is 11.6 Å². The number of aromatic nitrogens is 3. The summed E-state index contributed by atoms with van der Waals surface area (Å²) in [6, 6.07) is 13.2. The molecule has 2 aromatic carbocycles. The molecule has 2 heterocycles. The summed E-state index contributed by atoms with van der Waals surface area (Å²) in [6.45, 7) is 0. The smallest absolute Gasteiger partial charge is 0.160 e. The highest BCUT2D eigenvalue weighted by atomic mass is 19.1. The lowest BCUT2D eigenvalue weighted by Crippen LogP contribution is -1.97. The van der Waals surface area contributed by atoms with E-state index >= 15 is 0 Å². The second kappa shape index (κ2) is 5.85. The van der Waals surface area contributed by atoms with Gasteiger partial charge in [-0.3, -0.25) is 0 Å². The first-order valence-electron chi connectivity index (χ1n) is 7.53. The highest BCUT2D eigenvalue weighted by Gasteiger charge is 2.13. The largest absolute Gasteiger partial charge is 0.366 e. The van der Waals surface area contributed by atoms with Crippen LogP contribution >= 0.6 is 0 Å². The first kappa shape index (κ1) is 14.5. The molecular formula is C19H13F2N3. The van der Waals surface area contributed by atoms with Gasteiger partial charge in [0.15, 0.2) is 5.82 Å². The maximum Gasteiger partial charge on any atom is 0.160 e. The van der Waals surface area contributed by atoms with E-state index in [0.717, 1.165) is 22.5 Å². The van der Waals surface area contributed by atoms with Gasteiger partial charge in [0.25, 0.3) is 0 Å². The number of imidazole rings is 1. The first-order valence-corrected chi connectivity index (χ1v) is 7.53. The minimum absolute atomic E-state index is 0.0674. The zero-order chi connectivity index (χ0) is 16.5. The fourth-order valence-electron chi connectivity index (χ4n) is 2.71. The number of hydrogen-bond acceptors (Lipinski definition) is 2. The lowest BCUT2D eigenvalue weighted by atomic mass is 10.0. The van der Waals surface area contributed by atoms with Crippen molar-refractivity contribution in [3.05, 3.63) is 83.7 Å². The van der Waals surface area contributed by atoms with Gasteiger partial charge in [-0.1, -0.05) is 24.3 Å². The number of aromatic amines is 1. The quantitative estimate of drug-likeness (QED) is 0.606. The minimum atomic E-state index is -0.536. The molecule has 0 aliphatic carbocycles. The molecule has 0 amide bonds. The van der Waals surface area contributed by atoms with Crippen LogP contribution in [-0.4, -0.2) is 15.0 Å². The number of rotatable bonds is 3. The summed E-state index contributed by atoms with van der Waals surface area (Å²) in [5, 5.41) is 0. The molecule has 2 aliphatic heterocycles. The Morgan fingerprint density at radius 1 is 0.875 bits per heavy atom. The van der Waals surface area contributed by atoms with Gasteiger partial charge < -0.3 is 4.98 Å². The number of fused-ring (bicyclic) bond motifs is 1. The van der Waals surface area contributed by atoms with E-state index in [2.05, 4.69) is 15.0 Å². The van der Waals surface area contributed by atoms with Crippen molar-refractivity contribution in [1.82, 2.24) is 15.0 Å². The van der Waals surface area contributed by atoms with Gasteiger partial charge in [-0.05, 0) is 29.8 Å². The zero-order valence-corrected chi connectivity index (χ0v) is 12.6. The molecule has 0 spiro atoms. The van der Waals surface area contributed by atoms with Crippen molar-refractivity contribution in [3.8, 4) is 22.8 Å². The number of H-pyrrole nitrogens is 1. The number of nitrogens with zero attached hydrogens (tertiary/aromatic N) is 2. The van der Waals surface area contributed by atoms with Gasteiger partial charge in [-0.2, -0.15) is 0 Å². The molecule has 24 heavy (non-hydrogen) atoms. The standard InChI is InChI=1S/C19H13F2N3/c20-15-5-2-6-16(21)14(15)10-12-3-1-4-13(9-12)19-23-17-7-8-22-11-18(17)24-19/h1-9,11,22H,10H2. The van der Waals surface area contributed by atoms with Crippen molar-refractivity contribution >= 4 is 0 Å². The highest BCUT2D eigenvalue weighted by molar-refractivity contribution is 5.65. The summed E-state index contributed by atoms with van der Waals surface area (Å²) in [5.74, 6) is -0.474. The lowest BCUT2D eigenvalue weighted by Gasteiger charge is -2.06. The summed E-state index contributed by atoms with van der Waals surface area (Å²) < 4.78 is 27.7. The summed E-state index contributed by atoms with van der Waals surface area (Å²) in [4.78, 5) is 11.9. The number of hydrogen-bond donors (Lipinski definition) is 1. The topological polar surface area (TPSA) is 41.6 Å². The van der Waals surface area contributed by atoms with Crippen molar-refractivity contribution in [2.45, 2.75) is 6.42 Å². The van der Waals surface area contributed by atoms with Crippen LogP contribution in [0.25, 0.3) is 22.8 Å². The molecule has 0 bridgehead atoms. The predicted octanol–water partition coefficient (Wildman–Crippen LogP) is 4.45. The van der Waals surface area contributed by atoms with E-state index in [4.69, 9.17) is 0 Å².